The highest BCUT2D eigenvalue weighted by Gasteiger charge is 2.06. The second kappa shape index (κ2) is 2.65. The Morgan fingerprint density at radius 3 is 2.93 bits per heavy atom. The van der Waals surface area contributed by atoms with E-state index < -0.39 is 0 Å². The summed E-state index contributed by atoms with van der Waals surface area (Å²) in [4.78, 5) is 8.07. The Balaban J connectivity index is 2.63. The molecule has 3 aromatic rings. The van der Waals surface area contributed by atoms with Gasteiger partial charge in [0.2, 0.25) is 0 Å². The molecule has 2 heterocycles. The first-order valence-corrected chi connectivity index (χ1v) is 4.56. The number of hydrogen-bond acceptors (Lipinski definition) is 4. The number of nitrogens with zero attached hydrogens (tertiary/aromatic N) is 2. The minimum Gasteiger partial charge on any atom is -0.756 e. The average molecular weight is 201 g/mol. The van der Waals surface area contributed by atoms with Gasteiger partial charge >= 0.3 is 0 Å². The summed E-state index contributed by atoms with van der Waals surface area (Å²) in [7, 11) is 0. The fourth-order valence-corrected chi connectivity index (χ4v) is 1.69. The predicted molar refractivity (Wildman–Crippen MR) is 54.9 cm³/mol. The van der Waals surface area contributed by atoms with Gasteiger partial charge in [0, 0.05) is 5.39 Å². The maximum Gasteiger partial charge on any atom is 0.152 e. The lowest BCUT2D eigenvalue weighted by Crippen LogP contribution is -1.82. The van der Waals surface area contributed by atoms with Crippen LogP contribution < -0.4 is 0 Å². The summed E-state index contributed by atoms with van der Waals surface area (Å²) in [5.41, 5.74) is 2.19. The molecule has 14 heavy (non-hydrogen) atoms. The molecular formula is C10H5N2OS-. The first kappa shape index (κ1) is 7.70. The van der Waals surface area contributed by atoms with E-state index in [0.717, 1.165) is 16.5 Å². The molecule has 0 saturated carbocycles. The minimum absolute atomic E-state index is 0.464. The van der Waals surface area contributed by atoms with Gasteiger partial charge in [-0.2, -0.15) is 0 Å². The molecule has 0 unspecified atom stereocenters. The predicted octanol–water partition coefficient (Wildman–Crippen LogP) is 2.28. The monoisotopic (exact) mass is 201 g/mol. The van der Waals surface area contributed by atoms with Crippen molar-refractivity contribution in [1.29, 1.82) is 0 Å². The van der Waals surface area contributed by atoms with Crippen LogP contribution in [0.5, 0.6) is 0 Å². The van der Waals surface area contributed by atoms with E-state index in [0.29, 0.717) is 10.6 Å². The van der Waals surface area contributed by atoms with Crippen LogP contribution in [0.3, 0.4) is 0 Å². The molecular weight excluding hydrogens is 196 g/mol. The van der Waals surface area contributed by atoms with Crippen molar-refractivity contribution in [1.82, 2.24) is 9.97 Å². The Labute approximate surface area is 85.2 Å². The summed E-state index contributed by atoms with van der Waals surface area (Å²) in [6, 6.07) is 7.72. The summed E-state index contributed by atoms with van der Waals surface area (Å²) in [5, 5.41) is 1.45. The van der Waals surface area contributed by atoms with Gasteiger partial charge in [0.1, 0.15) is 17.4 Å². The molecule has 0 aliphatic carbocycles. The SMILES string of the molecule is [S-]c1ncnc2c1oc1ccccc12. The summed E-state index contributed by atoms with van der Waals surface area (Å²) in [5.74, 6) is 0. The van der Waals surface area contributed by atoms with Gasteiger partial charge in [-0.05, 0) is 17.2 Å². The van der Waals surface area contributed by atoms with Crippen molar-refractivity contribution in [3.8, 4) is 0 Å². The topological polar surface area (TPSA) is 38.9 Å². The van der Waals surface area contributed by atoms with E-state index in [4.69, 9.17) is 17.0 Å². The zero-order valence-corrected chi connectivity index (χ0v) is 7.91. The van der Waals surface area contributed by atoms with Crippen molar-refractivity contribution >= 4 is 34.7 Å². The van der Waals surface area contributed by atoms with Crippen molar-refractivity contribution in [3.05, 3.63) is 30.6 Å². The van der Waals surface area contributed by atoms with Crippen LogP contribution in [0.2, 0.25) is 0 Å². The highest BCUT2D eigenvalue weighted by atomic mass is 32.1. The smallest absolute Gasteiger partial charge is 0.152 e. The number of aromatic nitrogens is 2. The van der Waals surface area contributed by atoms with E-state index in [1.54, 1.807) is 0 Å². The van der Waals surface area contributed by atoms with Gasteiger partial charge in [-0.25, -0.2) is 4.98 Å². The molecule has 2 aromatic heterocycles. The van der Waals surface area contributed by atoms with E-state index in [1.807, 2.05) is 24.3 Å². The summed E-state index contributed by atoms with van der Waals surface area (Å²) >= 11 is 5.05. The molecule has 3 rings (SSSR count). The molecule has 0 saturated heterocycles. The van der Waals surface area contributed by atoms with Crippen molar-refractivity contribution in [2.24, 2.45) is 0 Å². The Kier molecular flexibility index (Phi) is 1.46. The Morgan fingerprint density at radius 2 is 2.00 bits per heavy atom. The summed E-state index contributed by atoms with van der Waals surface area (Å²) < 4.78 is 5.55. The fraction of sp³-hybridized carbons (Fsp3) is 0. The largest absolute Gasteiger partial charge is 0.756 e. The van der Waals surface area contributed by atoms with Crippen molar-refractivity contribution < 1.29 is 4.42 Å². The van der Waals surface area contributed by atoms with Crippen LogP contribution in [0.1, 0.15) is 0 Å². The standard InChI is InChI=1S/C10H6N2OS/c14-10-9-8(11-5-12-10)6-3-1-2-4-7(6)13-9/h1-5H,(H,11,12,14)/p-1. The first-order valence-electron chi connectivity index (χ1n) is 4.15. The third-order valence-corrected chi connectivity index (χ3v) is 2.42. The molecule has 0 atom stereocenters. The van der Waals surface area contributed by atoms with Gasteiger partial charge in [0.15, 0.2) is 5.58 Å². The molecule has 0 aliphatic heterocycles. The van der Waals surface area contributed by atoms with Crippen LogP contribution in [-0.2, 0) is 12.6 Å². The lowest BCUT2D eigenvalue weighted by atomic mass is 10.2. The first-order chi connectivity index (χ1) is 6.86. The molecule has 0 amide bonds. The maximum absolute atomic E-state index is 5.55. The zero-order chi connectivity index (χ0) is 9.54. The number of fused-ring (bicyclic) bond motifs is 3. The van der Waals surface area contributed by atoms with E-state index in [-0.39, 0.29) is 0 Å². The van der Waals surface area contributed by atoms with Crippen molar-refractivity contribution in [2.45, 2.75) is 5.03 Å². The molecule has 68 valence electrons. The van der Waals surface area contributed by atoms with Crippen LogP contribution in [0.4, 0.5) is 0 Å². The van der Waals surface area contributed by atoms with Crippen LogP contribution >= 0.6 is 0 Å². The normalized spacial score (nSPS) is 11.1. The van der Waals surface area contributed by atoms with Crippen molar-refractivity contribution in [2.75, 3.05) is 0 Å². The number of para-hydroxylation sites is 1. The molecule has 0 spiro atoms. The number of rotatable bonds is 0. The molecule has 0 aliphatic rings. The number of furan rings is 1. The highest BCUT2D eigenvalue weighted by Crippen LogP contribution is 2.27. The van der Waals surface area contributed by atoms with Gasteiger partial charge in [-0.3, -0.25) is 4.98 Å². The number of benzene rings is 1. The molecule has 4 heteroatoms. The second-order valence-corrected chi connectivity index (χ2v) is 3.34. The lowest BCUT2D eigenvalue weighted by Gasteiger charge is -2.00. The third-order valence-electron chi connectivity index (χ3n) is 2.13. The molecule has 1 aromatic carbocycles. The maximum atomic E-state index is 5.55. The Bertz CT molecular complexity index is 618. The molecule has 0 N–H and O–H groups in total. The van der Waals surface area contributed by atoms with Crippen LogP contribution in [-0.4, -0.2) is 9.97 Å². The van der Waals surface area contributed by atoms with Gasteiger partial charge in [-0.15, -0.1) is 0 Å². The van der Waals surface area contributed by atoms with Crippen LogP contribution in [0.15, 0.2) is 40.0 Å². The molecule has 0 bridgehead atoms. The second-order valence-electron chi connectivity index (χ2n) is 2.95. The van der Waals surface area contributed by atoms with Crippen molar-refractivity contribution in [3.63, 3.8) is 0 Å². The van der Waals surface area contributed by atoms with Crippen LogP contribution in [0.25, 0.3) is 22.1 Å². The van der Waals surface area contributed by atoms with E-state index in [9.17, 15) is 0 Å². The lowest BCUT2D eigenvalue weighted by molar-refractivity contribution is 0.653. The molecule has 0 radical (unpaired) electrons. The summed E-state index contributed by atoms with van der Waals surface area (Å²) in [6.07, 6.45) is 1.46. The molecule has 0 fully saturated rings. The Morgan fingerprint density at radius 1 is 1.14 bits per heavy atom. The number of hydrogen-bond donors (Lipinski definition) is 0. The minimum atomic E-state index is 0.464. The van der Waals surface area contributed by atoms with E-state index in [2.05, 4.69) is 9.97 Å². The van der Waals surface area contributed by atoms with E-state index >= 15 is 0 Å². The average Bonchev–Trinajstić information content (AvgIpc) is 2.59. The van der Waals surface area contributed by atoms with Gasteiger partial charge in [0.25, 0.3) is 0 Å². The van der Waals surface area contributed by atoms with Gasteiger partial charge in [0.05, 0.1) is 0 Å². The Hall–Kier alpha value is -1.68. The third kappa shape index (κ3) is 0.914. The molecule has 3 nitrogen and oxygen atoms in total. The highest BCUT2D eigenvalue weighted by molar-refractivity contribution is 7.58. The summed E-state index contributed by atoms with van der Waals surface area (Å²) in [6.45, 7) is 0. The van der Waals surface area contributed by atoms with Gasteiger partial charge in [-0.1, -0.05) is 12.1 Å². The zero-order valence-electron chi connectivity index (χ0n) is 7.10. The van der Waals surface area contributed by atoms with Crippen LogP contribution in [0, 0.1) is 0 Å². The quantitative estimate of drug-likeness (QED) is 0.413. The van der Waals surface area contributed by atoms with E-state index in [1.165, 1.54) is 6.33 Å². The van der Waals surface area contributed by atoms with Gasteiger partial charge < -0.3 is 17.0 Å². The fourth-order valence-electron chi connectivity index (χ4n) is 1.50.